The lowest BCUT2D eigenvalue weighted by Gasteiger charge is -2.25. The van der Waals surface area contributed by atoms with E-state index in [4.69, 9.17) is 23.2 Å². The zero-order chi connectivity index (χ0) is 15.2. The van der Waals surface area contributed by atoms with Crippen molar-refractivity contribution in [2.24, 2.45) is 0 Å². The zero-order valence-electron chi connectivity index (χ0n) is 12.2. The molecule has 2 rings (SSSR count). The number of benzene rings is 1. The predicted molar refractivity (Wildman–Crippen MR) is 92.2 cm³/mol. The first kappa shape index (κ1) is 15.9. The van der Waals surface area contributed by atoms with E-state index >= 15 is 0 Å². The van der Waals surface area contributed by atoms with Gasteiger partial charge in [-0.3, -0.25) is 0 Å². The molecule has 0 atom stereocenters. The Morgan fingerprint density at radius 3 is 2.48 bits per heavy atom. The fourth-order valence-corrected chi connectivity index (χ4v) is 2.66. The molecule has 0 amide bonds. The summed E-state index contributed by atoms with van der Waals surface area (Å²) in [6.07, 6.45) is 2.16. The van der Waals surface area contributed by atoms with Crippen molar-refractivity contribution < 1.29 is 0 Å². The Balaban J connectivity index is 2.46. The van der Waals surface area contributed by atoms with Gasteiger partial charge in [0.1, 0.15) is 5.82 Å². The van der Waals surface area contributed by atoms with Crippen molar-refractivity contribution >= 4 is 40.5 Å². The second kappa shape index (κ2) is 7.53. The standard InChI is InChI=1S/C16H19Cl2N3/c1-3-4-10-21(12-8-6-5-7-9-12)16-14(18)11-13(17)15(19-2)20-16/h5-9,11H,3-4,10H2,1-2H3,(H,19,20). The van der Waals surface area contributed by atoms with Gasteiger partial charge in [0.05, 0.1) is 10.0 Å². The number of hydrogen-bond donors (Lipinski definition) is 1. The molecule has 0 unspecified atom stereocenters. The minimum absolute atomic E-state index is 0.523. The van der Waals surface area contributed by atoms with E-state index in [1.165, 1.54) is 0 Å². The summed E-state index contributed by atoms with van der Waals surface area (Å²) in [5, 5.41) is 4.07. The molecule has 5 heteroatoms. The Labute approximate surface area is 135 Å². The maximum atomic E-state index is 6.37. The van der Waals surface area contributed by atoms with Crippen LogP contribution in [0.4, 0.5) is 17.3 Å². The molecule has 0 fully saturated rings. The Kier molecular flexibility index (Phi) is 5.71. The number of nitrogens with one attached hydrogen (secondary N) is 1. The van der Waals surface area contributed by atoms with E-state index in [9.17, 15) is 0 Å². The highest BCUT2D eigenvalue weighted by Gasteiger charge is 2.16. The molecule has 0 aliphatic heterocycles. The first-order valence-electron chi connectivity index (χ1n) is 7.03. The molecule has 1 heterocycles. The molecule has 1 aromatic carbocycles. The summed E-state index contributed by atoms with van der Waals surface area (Å²) in [6, 6.07) is 11.9. The van der Waals surface area contributed by atoms with Gasteiger partial charge in [0.2, 0.25) is 0 Å². The second-order valence-corrected chi connectivity index (χ2v) is 5.53. The van der Waals surface area contributed by atoms with Gasteiger partial charge in [-0.2, -0.15) is 0 Å². The molecule has 21 heavy (non-hydrogen) atoms. The van der Waals surface area contributed by atoms with Crippen LogP contribution in [0.2, 0.25) is 10.0 Å². The number of pyridine rings is 1. The van der Waals surface area contributed by atoms with E-state index < -0.39 is 0 Å². The predicted octanol–water partition coefficient (Wildman–Crippen LogP) is 5.37. The van der Waals surface area contributed by atoms with Gasteiger partial charge in [0, 0.05) is 19.3 Å². The fraction of sp³-hybridized carbons (Fsp3) is 0.312. The van der Waals surface area contributed by atoms with Crippen LogP contribution in [0.1, 0.15) is 19.8 Å². The lowest BCUT2D eigenvalue weighted by molar-refractivity contribution is 0.780. The van der Waals surface area contributed by atoms with E-state index in [0.29, 0.717) is 15.9 Å². The van der Waals surface area contributed by atoms with Gasteiger partial charge in [-0.05, 0) is 24.6 Å². The number of halogens is 2. The lowest BCUT2D eigenvalue weighted by Crippen LogP contribution is -2.20. The van der Waals surface area contributed by atoms with Gasteiger partial charge in [-0.1, -0.05) is 54.7 Å². The van der Waals surface area contributed by atoms with Crippen molar-refractivity contribution in [3.05, 3.63) is 46.4 Å². The van der Waals surface area contributed by atoms with E-state index in [1.54, 1.807) is 13.1 Å². The number of nitrogens with zero attached hydrogens (tertiary/aromatic N) is 2. The third kappa shape index (κ3) is 3.80. The van der Waals surface area contributed by atoms with Crippen LogP contribution < -0.4 is 10.2 Å². The number of rotatable bonds is 6. The molecule has 1 N–H and O–H groups in total. The minimum Gasteiger partial charge on any atom is -0.372 e. The molecular formula is C16H19Cl2N3. The van der Waals surface area contributed by atoms with Gasteiger partial charge < -0.3 is 10.2 Å². The van der Waals surface area contributed by atoms with Crippen molar-refractivity contribution in [2.45, 2.75) is 19.8 Å². The van der Waals surface area contributed by atoms with E-state index in [0.717, 1.165) is 30.9 Å². The maximum absolute atomic E-state index is 6.37. The van der Waals surface area contributed by atoms with Crippen molar-refractivity contribution in [3.8, 4) is 0 Å². The van der Waals surface area contributed by atoms with Crippen LogP contribution in [-0.4, -0.2) is 18.6 Å². The minimum atomic E-state index is 0.523. The maximum Gasteiger partial charge on any atom is 0.154 e. The summed E-state index contributed by atoms with van der Waals surface area (Å²) in [5.74, 6) is 1.36. The molecule has 0 radical (unpaired) electrons. The van der Waals surface area contributed by atoms with Gasteiger partial charge in [-0.25, -0.2) is 4.98 Å². The Morgan fingerprint density at radius 1 is 1.14 bits per heavy atom. The fourth-order valence-electron chi connectivity index (χ4n) is 2.10. The molecule has 0 saturated heterocycles. The lowest BCUT2D eigenvalue weighted by atomic mass is 10.2. The number of aromatic nitrogens is 1. The Morgan fingerprint density at radius 2 is 1.86 bits per heavy atom. The van der Waals surface area contributed by atoms with E-state index in [-0.39, 0.29) is 0 Å². The van der Waals surface area contributed by atoms with Crippen LogP contribution in [0, 0.1) is 0 Å². The second-order valence-electron chi connectivity index (χ2n) is 4.71. The number of para-hydroxylation sites is 1. The highest BCUT2D eigenvalue weighted by atomic mass is 35.5. The van der Waals surface area contributed by atoms with Gasteiger partial charge in [0.15, 0.2) is 5.82 Å². The molecule has 3 nitrogen and oxygen atoms in total. The number of unbranched alkanes of at least 4 members (excludes halogenated alkanes) is 1. The average molecular weight is 324 g/mol. The van der Waals surface area contributed by atoms with Crippen molar-refractivity contribution in [1.82, 2.24) is 4.98 Å². The molecule has 0 aliphatic rings. The molecule has 0 saturated carbocycles. The normalized spacial score (nSPS) is 10.5. The summed E-state index contributed by atoms with van der Waals surface area (Å²) >= 11 is 12.5. The van der Waals surface area contributed by atoms with Crippen molar-refractivity contribution in [1.29, 1.82) is 0 Å². The summed E-state index contributed by atoms with van der Waals surface area (Å²) in [7, 11) is 1.80. The van der Waals surface area contributed by atoms with Crippen LogP contribution in [0.15, 0.2) is 36.4 Å². The highest BCUT2D eigenvalue weighted by Crippen LogP contribution is 2.35. The number of anilines is 3. The molecule has 112 valence electrons. The summed E-state index contributed by atoms with van der Waals surface area (Å²) in [4.78, 5) is 6.70. The first-order valence-corrected chi connectivity index (χ1v) is 7.79. The van der Waals surface area contributed by atoms with Crippen LogP contribution in [-0.2, 0) is 0 Å². The van der Waals surface area contributed by atoms with Crippen LogP contribution in [0.5, 0.6) is 0 Å². The van der Waals surface area contributed by atoms with Crippen LogP contribution in [0.3, 0.4) is 0 Å². The van der Waals surface area contributed by atoms with Gasteiger partial charge in [-0.15, -0.1) is 0 Å². The van der Waals surface area contributed by atoms with Crippen molar-refractivity contribution in [3.63, 3.8) is 0 Å². The quantitative estimate of drug-likeness (QED) is 0.774. The van der Waals surface area contributed by atoms with Gasteiger partial charge >= 0.3 is 0 Å². The smallest absolute Gasteiger partial charge is 0.154 e. The van der Waals surface area contributed by atoms with Crippen molar-refractivity contribution in [2.75, 3.05) is 23.8 Å². The van der Waals surface area contributed by atoms with Gasteiger partial charge in [0.25, 0.3) is 0 Å². The monoisotopic (exact) mass is 323 g/mol. The summed E-state index contributed by atoms with van der Waals surface area (Å²) in [6.45, 7) is 3.02. The molecule has 0 aliphatic carbocycles. The SMILES string of the molecule is CCCCN(c1ccccc1)c1nc(NC)c(Cl)cc1Cl. The third-order valence-electron chi connectivity index (χ3n) is 3.21. The highest BCUT2D eigenvalue weighted by molar-refractivity contribution is 6.37. The van der Waals surface area contributed by atoms with Crippen LogP contribution >= 0.6 is 23.2 Å². The van der Waals surface area contributed by atoms with E-state index in [1.807, 2.05) is 18.2 Å². The molecular weight excluding hydrogens is 305 g/mol. The summed E-state index contributed by atoms with van der Waals surface area (Å²) in [5.41, 5.74) is 1.07. The zero-order valence-corrected chi connectivity index (χ0v) is 13.7. The first-order chi connectivity index (χ1) is 10.2. The average Bonchev–Trinajstić information content (AvgIpc) is 2.50. The Bertz CT molecular complexity index is 588. The van der Waals surface area contributed by atoms with Crippen LogP contribution in [0.25, 0.3) is 0 Å². The Hall–Kier alpha value is -1.45. The largest absolute Gasteiger partial charge is 0.372 e. The topological polar surface area (TPSA) is 28.2 Å². The molecule has 0 spiro atoms. The summed E-state index contributed by atoms with van der Waals surface area (Å²) < 4.78 is 0. The molecule has 2 aromatic rings. The van der Waals surface area contributed by atoms with E-state index in [2.05, 4.69) is 34.3 Å². The number of hydrogen-bond acceptors (Lipinski definition) is 3. The molecule has 1 aromatic heterocycles. The third-order valence-corrected chi connectivity index (χ3v) is 3.77. The molecule has 0 bridgehead atoms.